The van der Waals surface area contributed by atoms with Crippen LogP contribution in [0.25, 0.3) is 56.2 Å². The third-order valence-corrected chi connectivity index (χ3v) is 20.0. The molecule has 0 N–H and O–H groups in total. The highest BCUT2D eigenvalue weighted by atomic mass is 15.2. The third kappa shape index (κ3) is 13.2. The minimum Gasteiger partial charge on any atom is -0.311 e. The molecule has 12 rings (SSSR count). The van der Waals surface area contributed by atoms with Gasteiger partial charge in [-0.15, -0.1) is 0 Å². The van der Waals surface area contributed by atoms with Crippen molar-refractivity contribution >= 4 is 57.2 Å². The lowest BCUT2D eigenvalue weighted by Crippen LogP contribution is -2.61. The molecule has 1 aromatic heterocycles. The zero-order valence-corrected chi connectivity index (χ0v) is 61.8. The molecule has 0 fully saturated rings. The first-order chi connectivity index (χ1) is 44.1. The summed E-state index contributed by atoms with van der Waals surface area (Å²) in [5.41, 5.74) is 29.5. The molecule has 0 bridgehead atoms. The van der Waals surface area contributed by atoms with Crippen molar-refractivity contribution in [1.29, 1.82) is 0 Å². The first kappa shape index (κ1) is 66.7. The van der Waals surface area contributed by atoms with Gasteiger partial charge in [0.2, 0.25) is 0 Å². The molecule has 5 heteroatoms. The van der Waals surface area contributed by atoms with Crippen molar-refractivity contribution < 1.29 is 0 Å². The highest BCUT2D eigenvalue weighted by Crippen LogP contribution is 2.50. The number of benzene rings is 9. The summed E-state index contributed by atoms with van der Waals surface area (Å²) in [5, 5.41) is 0. The standard InChI is InChI=1S/C90H103BN4/c1-83(2,3)63-39-60(40-64(47-63)84(4,5)6)75-55-76(93-82(92-75)62-41-65(85(7,8)9)48-66(42-62)86(10,11)12)61-45-79-81-80(46-61)95(72-53-69(89(19,20)21)50-70(54-72)90(22,23)24)78-38-36-59(57-33-29-26-30-34-57)44-74(78)91(81)73-43-58(56-31-27-25-28-32-56)35-37-77(73)94(79)71-51-67(87(13,14)15)49-68(52-71)88(16,17)18/h25-55H,1-24H3. The van der Waals surface area contributed by atoms with Gasteiger partial charge in [-0.05, 0) is 205 Å². The molecule has 0 saturated heterocycles. The van der Waals surface area contributed by atoms with Crippen molar-refractivity contribution in [3.63, 3.8) is 0 Å². The van der Waals surface area contributed by atoms with Crippen LogP contribution >= 0.6 is 0 Å². The summed E-state index contributed by atoms with van der Waals surface area (Å²) in [5.74, 6) is 0.712. The second kappa shape index (κ2) is 23.2. The molecule has 0 aliphatic carbocycles. The van der Waals surface area contributed by atoms with E-state index in [1.165, 1.54) is 83.1 Å². The molecule has 4 nitrogen and oxygen atoms in total. The smallest absolute Gasteiger partial charge is 0.252 e. The lowest BCUT2D eigenvalue weighted by molar-refractivity contribution is 0.568. The number of fused-ring (bicyclic) bond motifs is 4. The Bertz CT molecular complexity index is 4190. The molecule has 2 aliphatic heterocycles. The van der Waals surface area contributed by atoms with Crippen LogP contribution in [0.5, 0.6) is 0 Å². The summed E-state index contributed by atoms with van der Waals surface area (Å²) in [7, 11) is 0. The fourth-order valence-corrected chi connectivity index (χ4v) is 13.7. The SMILES string of the molecule is CC(C)(C)c1cc(-c2cc(-c3cc4c5c(c3)N(c3cc(C(C)(C)C)cc(C(C)(C)C)c3)c3ccc(-c6ccccc6)cc3B5c3cc(-c5ccccc5)ccc3N4c3cc(C(C)(C)C)cc(C(C)(C)C)c3)nc(-c3cc(C(C)(C)C)cc(C(C)(C)C)c3)n2)cc(C(C)(C)C)c1. The summed E-state index contributed by atoms with van der Waals surface area (Å²) in [6, 6.07) is 73.1. The van der Waals surface area contributed by atoms with Crippen LogP contribution in [-0.4, -0.2) is 16.7 Å². The maximum atomic E-state index is 5.96. The third-order valence-electron chi connectivity index (χ3n) is 20.0. The van der Waals surface area contributed by atoms with Crippen molar-refractivity contribution in [3.05, 3.63) is 233 Å². The maximum absolute atomic E-state index is 5.96. The quantitative estimate of drug-likeness (QED) is 0.149. The van der Waals surface area contributed by atoms with Gasteiger partial charge in [0.05, 0.1) is 11.4 Å². The first-order valence-electron chi connectivity index (χ1n) is 34.8. The lowest BCUT2D eigenvalue weighted by atomic mass is 9.33. The number of rotatable bonds is 7. The summed E-state index contributed by atoms with van der Waals surface area (Å²) in [6.45, 7) is 56.0. The van der Waals surface area contributed by atoms with E-state index in [9.17, 15) is 0 Å². The first-order valence-corrected chi connectivity index (χ1v) is 34.8. The average Bonchev–Trinajstić information content (AvgIpc) is 0.693. The van der Waals surface area contributed by atoms with Crippen molar-refractivity contribution in [2.24, 2.45) is 0 Å². The Labute approximate surface area is 571 Å². The van der Waals surface area contributed by atoms with Crippen molar-refractivity contribution in [1.82, 2.24) is 9.97 Å². The molecule has 0 unspecified atom stereocenters. The van der Waals surface area contributed by atoms with Gasteiger partial charge < -0.3 is 9.80 Å². The Morgan fingerprint density at radius 1 is 0.242 bits per heavy atom. The van der Waals surface area contributed by atoms with Crippen molar-refractivity contribution in [3.8, 4) is 56.2 Å². The second-order valence-electron chi connectivity index (χ2n) is 35.9. The number of hydrogen-bond acceptors (Lipinski definition) is 4. The van der Waals surface area contributed by atoms with E-state index in [1.807, 2.05) is 0 Å². The van der Waals surface area contributed by atoms with Crippen LogP contribution in [0.15, 0.2) is 188 Å². The van der Waals surface area contributed by atoms with Gasteiger partial charge in [-0.1, -0.05) is 275 Å². The number of nitrogens with zero attached hydrogens (tertiary/aromatic N) is 4. The Hall–Kier alpha value is -8.28. The summed E-state index contributed by atoms with van der Waals surface area (Å²) >= 11 is 0. The van der Waals surface area contributed by atoms with Gasteiger partial charge in [0.15, 0.2) is 5.82 Å². The molecule has 0 spiro atoms. The van der Waals surface area contributed by atoms with Crippen LogP contribution in [-0.2, 0) is 43.3 Å². The number of aromatic nitrogens is 2. The van der Waals surface area contributed by atoms with Gasteiger partial charge in [0, 0.05) is 50.8 Å². The normalized spacial score (nSPS) is 13.8. The molecular formula is C90H103BN4. The predicted octanol–water partition coefficient (Wildman–Crippen LogP) is 23.3. The summed E-state index contributed by atoms with van der Waals surface area (Å²) < 4.78 is 0. The Kier molecular flexibility index (Phi) is 16.3. The second-order valence-corrected chi connectivity index (χ2v) is 35.9. The highest BCUT2D eigenvalue weighted by Gasteiger charge is 2.45. The predicted molar refractivity (Wildman–Crippen MR) is 413 cm³/mol. The number of anilines is 6. The highest BCUT2D eigenvalue weighted by molar-refractivity contribution is 7.00. The monoisotopic (exact) mass is 1250 g/mol. The molecule has 0 saturated carbocycles. The van der Waals surface area contributed by atoms with Gasteiger partial charge in [-0.25, -0.2) is 9.97 Å². The minimum absolute atomic E-state index is 0.118. The maximum Gasteiger partial charge on any atom is 0.252 e. The zero-order chi connectivity index (χ0) is 68.7. The van der Waals surface area contributed by atoms with E-state index in [4.69, 9.17) is 9.97 Å². The Morgan fingerprint density at radius 3 is 0.832 bits per heavy atom. The van der Waals surface area contributed by atoms with E-state index in [1.54, 1.807) is 0 Å². The molecule has 0 amide bonds. The zero-order valence-electron chi connectivity index (χ0n) is 61.8. The van der Waals surface area contributed by atoms with Gasteiger partial charge in [-0.2, -0.15) is 0 Å². The molecule has 3 heterocycles. The molecule has 0 radical (unpaired) electrons. The van der Waals surface area contributed by atoms with Gasteiger partial charge in [0.1, 0.15) is 0 Å². The molecule has 0 atom stereocenters. The van der Waals surface area contributed by atoms with Crippen LogP contribution in [0, 0.1) is 0 Å². The van der Waals surface area contributed by atoms with E-state index in [0.717, 1.165) is 62.2 Å². The van der Waals surface area contributed by atoms with E-state index in [0.29, 0.717) is 5.82 Å². The van der Waals surface area contributed by atoms with Crippen molar-refractivity contribution in [2.45, 2.75) is 209 Å². The van der Waals surface area contributed by atoms with E-state index in [-0.39, 0.29) is 50.0 Å². The average molecular weight is 1250 g/mol. The van der Waals surface area contributed by atoms with E-state index >= 15 is 0 Å². The molecule has 10 aromatic rings. The fraction of sp³-hybridized carbons (Fsp3) is 0.356. The number of hydrogen-bond donors (Lipinski definition) is 0. The van der Waals surface area contributed by atoms with Crippen LogP contribution in [0.2, 0.25) is 0 Å². The molecule has 9 aromatic carbocycles. The molecule has 95 heavy (non-hydrogen) atoms. The summed E-state index contributed by atoms with van der Waals surface area (Å²) in [6.07, 6.45) is 0. The van der Waals surface area contributed by atoms with Gasteiger partial charge in [0.25, 0.3) is 6.71 Å². The molecular weight excluding hydrogens is 1150 g/mol. The molecule has 2 aliphatic rings. The van der Waals surface area contributed by atoms with Crippen LogP contribution in [0.3, 0.4) is 0 Å². The minimum atomic E-state index is -0.178. The van der Waals surface area contributed by atoms with Crippen LogP contribution in [0.4, 0.5) is 34.1 Å². The van der Waals surface area contributed by atoms with Crippen LogP contribution < -0.4 is 26.2 Å². The lowest BCUT2D eigenvalue weighted by Gasteiger charge is -2.45. The van der Waals surface area contributed by atoms with E-state index in [2.05, 4.69) is 364 Å². The Balaban J connectivity index is 1.28. The van der Waals surface area contributed by atoms with Crippen molar-refractivity contribution in [2.75, 3.05) is 9.80 Å². The van der Waals surface area contributed by atoms with E-state index < -0.39 is 0 Å². The van der Waals surface area contributed by atoms with Gasteiger partial charge >= 0.3 is 0 Å². The Morgan fingerprint density at radius 2 is 0.526 bits per heavy atom. The topological polar surface area (TPSA) is 32.3 Å². The van der Waals surface area contributed by atoms with Gasteiger partial charge in [-0.3, -0.25) is 0 Å². The molecule has 486 valence electrons. The van der Waals surface area contributed by atoms with Crippen LogP contribution in [0.1, 0.15) is 211 Å². The summed E-state index contributed by atoms with van der Waals surface area (Å²) in [4.78, 5) is 17.0. The fourth-order valence-electron chi connectivity index (χ4n) is 13.7. The largest absolute Gasteiger partial charge is 0.311 e.